The van der Waals surface area contributed by atoms with E-state index in [9.17, 15) is 19.5 Å². The molecule has 7 heteroatoms. The van der Waals surface area contributed by atoms with Crippen molar-refractivity contribution in [2.24, 2.45) is 0 Å². The van der Waals surface area contributed by atoms with E-state index in [1.54, 1.807) is 36.4 Å². The second-order valence-electron chi connectivity index (χ2n) is 5.89. The van der Waals surface area contributed by atoms with E-state index in [0.717, 1.165) is 5.39 Å². The fourth-order valence-corrected chi connectivity index (χ4v) is 2.74. The molecule has 7 nitrogen and oxygen atoms in total. The van der Waals surface area contributed by atoms with E-state index in [1.165, 1.54) is 18.2 Å². The molecule has 5 N–H and O–H groups in total. The number of rotatable bonds is 5. The smallest absolute Gasteiger partial charge is 0.326 e. The van der Waals surface area contributed by atoms with Crippen LogP contribution in [0.25, 0.3) is 10.9 Å². The lowest BCUT2D eigenvalue weighted by atomic mass is 10.0. The highest BCUT2D eigenvalue weighted by Crippen LogP contribution is 2.16. The summed E-state index contributed by atoms with van der Waals surface area (Å²) >= 11 is 0. The van der Waals surface area contributed by atoms with Gasteiger partial charge >= 0.3 is 5.97 Å². The van der Waals surface area contributed by atoms with Crippen molar-refractivity contribution < 1.29 is 14.7 Å². The largest absolute Gasteiger partial charge is 0.480 e. The predicted octanol–water partition coefficient (Wildman–Crippen LogP) is 1.54. The van der Waals surface area contributed by atoms with Crippen molar-refractivity contribution in [3.05, 3.63) is 76.1 Å². The first-order valence-corrected chi connectivity index (χ1v) is 7.94. The van der Waals surface area contributed by atoms with Crippen LogP contribution in [0.15, 0.2) is 59.4 Å². The lowest BCUT2D eigenvalue weighted by Crippen LogP contribution is -2.42. The summed E-state index contributed by atoms with van der Waals surface area (Å²) in [6, 6.07) is 13.5. The summed E-state index contributed by atoms with van der Waals surface area (Å²) in [5.74, 6) is -1.70. The lowest BCUT2D eigenvalue weighted by Gasteiger charge is -2.16. The average molecular weight is 351 g/mol. The van der Waals surface area contributed by atoms with Crippen molar-refractivity contribution in [2.75, 3.05) is 5.73 Å². The summed E-state index contributed by atoms with van der Waals surface area (Å²) < 4.78 is 0. The van der Waals surface area contributed by atoms with E-state index in [2.05, 4.69) is 10.3 Å². The van der Waals surface area contributed by atoms with Crippen LogP contribution in [-0.4, -0.2) is 28.0 Å². The number of anilines is 1. The molecule has 0 saturated heterocycles. The minimum absolute atomic E-state index is 0.0134. The normalized spacial score (nSPS) is 11.8. The summed E-state index contributed by atoms with van der Waals surface area (Å²) in [7, 11) is 0. The van der Waals surface area contributed by atoms with E-state index in [4.69, 9.17) is 5.73 Å². The molecule has 0 bridgehead atoms. The zero-order valence-electron chi connectivity index (χ0n) is 13.7. The Morgan fingerprint density at radius 3 is 2.50 bits per heavy atom. The second kappa shape index (κ2) is 7.10. The third kappa shape index (κ3) is 3.72. The molecular weight excluding hydrogens is 334 g/mol. The van der Waals surface area contributed by atoms with Crippen molar-refractivity contribution in [1.29, 1.82) is 0 Å². The van der Waals surface area contributed by atoms with Gasteiger partial charge in [-0.2, -0.15) is 0 Å². The van der Waals surface area contributed by atoms with E-state index in [1.807, 2.05) is 0 Å². The van der Waals surface area contributed by atoms with Crippen LogP contribution in [0.4, 0.5) is 5.69 Å². The number of amides is 1. The Morgan fingerprint density at radius 2 is 1.81 bits per heavy atom. The van der Waals surface area contributed by atoms with Gasteiger partial charge in [0, 0.05) is 34.6 Å². The number of aromatic nitrogens is 1. The Labute approximate surface area is 148 Å². The zero-order valence-corrected chi connectivity index (χ0v) is 13.7. The number of pyridine rings is 1. The number of hydrogen-bond donors (Lipinski definition) is 4. The van der Waals surface area contributed by atoms with Crippen molar-refractivity contribution in [2.45, 2.75) is 12.5 Å². The van der Waals surface area contributed by atoms with E-state index in [0.29, 0.717) is 22.3 Å². The summed E-state index contributed by atoms with van der Waals surface area (Å²) in [6.45, 7) is 0. The second-order valence-corrected chi connectivity index (χ2v) is 5.89. The molecule has 1 aromatic heterocycles. The Balaban J connectivity index is 1.88. The Kier molecular flexibility index (Phi) is 4.70. The van der Waals surface area contributed by atoms with Crippen LogP contribution < -0.4 is 16.6 Å². The molecule has 1 amide bonds. The highest BCUT2D eigenvalue weighted by molar-refractivity contribution is 5.97. The average Bonchev–Trinajstić information content (AvgIpc) is 2.61. The number of carboxylic acid groups (broad SMARTS) is 1. The Bertz CT molecular complexity index is 1020. The number of hydrogen-bond acceptors (Lipinski definition) is 4. The standard InChI is InChI=1S/C19H17N3O4/c20-13-7-5-11(6-8-13)18(24)22-16(19(25)26)9-12-10-17(23)21-15-4-2-1-3-14(12)15/h1-8,10,16H,9,20H2,(H,21,23)(H,22,24)(H,25,26). The molecule has 0 spiro atoms. The van der Waals surface area contributed by atoms with Gasteiger partial charge in [-0.3, -0.25) is 9.59 Å². The van der Waals surface area contributed by atoms with E-state index in [-0.39, 0.29) is 12.0 Å². The van der Waals surface area contributed by atoms with Crippen LogP contribution in [-0.2, 0) is 11.2 Å². The molecule has 1 atom stereocenters. The monoisotopic (exact) mass is 351 g/mol. The van der Waals surface area contributed by atoms with Gasteiger partial charge in [0.25, 0.3) is 5.91 Å². The maximum atomic E-state index is 12.3. The van der Waals surface area contributed by atoms with Gasteiger partial charge in [-0.25, -0.2) is 4.79 Å². The number of benzene rings is 2. The van der Waals surface area contributed by atoms with Crippen molar-refractivity contribution >= 4 is 28.5 Å². The van der Waals surface area contributed by atoms with Crippen LogP contribution in [0.2, 0.25) is 0 Å². The zero-order chi connectivity index (χ0) is 18.7. The number of carbonyl (C=O) groups is 2. The highest BCUT2D eigenvalue weighted by Gasteiger charge is 2.22. The molecule has 3 rings (SSSR count). The molecular formula is C19H17N3O4. The fraction of sp³-hybridized carbons (Fsp3) is 0.105. The van der Waals surface area contributed by atoms with Crippen LogP contribution in [0.3, 0.4) is 0 Å². The van der Waals surface area contributed by atoms with Gasteiger partial charge < -0.3 is 21.1 Å². The minimum Gasteiger partial charge on any atom is -0.480 e. The third-order valence-corrected chi connectivity index (χ3v) is 4.04. The number of aliphatic carboxylic acids is 1. The predicted molar refractivity (Wildman–Crippen MR) is 98.0 cm³/mol. The van der Waals surface area contributed by atoms with Crippen LogP contribution in [0, 0.1) is 0 Å². The molecule has 132 valence electrons. The number of H-pyrrole nitrogens is 1. The molecule has 1 unspecified atom stereocenters. The maximum absolute atomic E-state index is 12.3. The van der Waals surface area contributed by atoms with Crippen molar-refractivity contribution in [3.63, 3.8) is 0 Å². The number of aromatic amines is 1. The fourth-order valence-electron chi connectivity index (χ4n) is 2.74. The first-order chi connectivity index (χ1) is 12.4. The van der Waals surface area contributed by atoms with Gasteiger partial charge in [0.05, 0.1) is 0 Å². The topological polar surface area (TPSA) is 125 Å². The van der Waals surface area contributed by atoms with Gasteiger partial charge in [0.2, 0.25) is 5.56 Å². The van der Waals surface area contributed by atoms with Gasteiger partial charge in [0.1, 0.15) is 6.04 Å². The molecule has 0 saturated carbocycles. The molecule has 0 radical (unpaired) electrons. The molecule has 2 aromatic carbocycles. The number of nitrogens with two attached hydrogens (primary N) is 1. The van der Waals surface area contributed by atoms with Crippen molar-refractivity contribution in [3.8, 4) is 0 Å². The van der Waals surface area contributed by atoms with E-state index >= 15 is 0 Å². The number of fused-ring (bicyclic) bond motifs is 1. The molecule has 0 aliphatic carbocycles. The molecule has 0 aliphatic heterocycles. The van der Waals surface area contributed by atoms with Gasteiger partial charge in [-0.1, -0.05) is 18.2 Å². The first kappa shape index (κ1) is 17.2. The van der Waals surface area contributed by atoms with Gasteiger partial charge in [-0.15, -0.1) is 0 Å². The lowest BCUT2D eigenvalue weighted by molar-refractivity contribution is -0.139. The summed E-state index contributed by atoms with van der Waals surface area (Å²) in [4.78, 5) is 38.5. The van der Waals surface area contributed by atoms with Crippen LogP contribution in [0.5, 0.6) is 0 Å². The molecule has 26 heavy (non-hydrogen) atoms. The number of nitrogen functional groups attached to an aromatic ring is 1. The number of nitrogens with one attached hydrogen (secondary N) is 2. The Hall–Kier alpha value is -3.61. The number of para-hydroxylation sites is 1. The van der Waals surface area contributed by atoms with Crippen LogP contribution in [0.1, 0.15) is 15.9 Å². The van der Waals surface area contributed by atoms with Crippen molar-refractivity contribution in [1.82, 2.24) is 10.3 Å². The molecule has 0 aliphatic rings. The molecule has 3 aromatic rings. The SMILES string of the molecule is Nc1ccc(C(=O)NC(Cc2cc(=O)[nH]c3ccccc23)C(=O)O)cc1. The minimum atomic E-state index is -1.18. The van der Waals surface area contributed by atoms with E-state index < -0.39 is 17.9 Å². The van der Waals surface area contributed by atoms with Crippen LogP contribution >= 0.6 is 0 Å². The van der Waals surface area contributed by atoms with Gasteiger partial charge in [-0.05, 0) is 35.9 Å². The summed E-state index contributed by atoms with van der Waals surface area (Å²) in [5.41, 5.74) is 7.24. The number of carbonyl (C=O) groups excluding carboxylic acids is 1. The first-order valence-electron chi connectivity index (χ1n) is 7.94. The quantitative estimate of drug-likeness (QED) is 0.519. The third-order valence-electron chi connectivity index (χ3n) is 4.04. The van der Waals surface area contributed by atoms with Gasteiger partial charge in [0.15, 0.2) is 0 Å². The summed E-state index contributed by atoms with van der Waals surface area (Å²) in [5, 5.41) is 12.7. The molecule has 1 heterocycles. The molecule has 0 fully saturated rings. The summed E-state index contributed by atoms with van der Waals surface area (Å²) in [6.07, 6.45) is -0.0134. The number of carboxylic acids is 1. The highest BCUT2D eigenvalue weighted by atomic mass is 16.4. The maximum Gasteiger partial charge on any atom is 0.326 e. The Morgan fingerprint density at radius 1 is 1.12 bits per heavy atom.